The molecule has 1 saturated heterocycles. The molecule has 1 fully saturated rings. The Hall–Kier alpha value is -3.09. The lowest BCUT2D eigenvalue weighted by molar-refractivity contribution is 0.0173. The van der Waals surface area contributed by atoms with Gasteiger partial charge in [-0.2, -0.15) is 0 Å². The second kappa shape index (κ2) is 20.3. The maximum Gasteiger partial charge on any atom is 0.410 e. The Morgan fingerprint density at radius 3 is 2.38 bits per heavy atom. The molecular formula is C40H58ClN3O2S. The van der Waals surface area contributed by atoms with Crippen molar-refractivity contribution in [1.29, 1.82) is 0 Å². The first kappa shape index (κ1) is 40.1. The number of carbonyl (C=O) groups is 1. The topological polar surface area (TPSA) is 58.8 Å². The summed E-state index contributed by atoms with van der Waals surface area (Å²) < 4.78 is 5.65. The molecule has 0 radical (unpaired) electrons. The van der Waals surface area contributed by atoms with E-state index in [-0.39, 0.29) is 6.09 Å². The van der Waals surface area contributed by atoms with E-state index in [0.29, 0.717) is 24.9 Å². The summed E-state index contributed by atoms with van der Waals surface area (Å²) in [6.45, 7) is 20.4. The van der Waals surface area contributed by atoms with E-state index in [9.17, 15) is 4.79 Å². The molecule has 0 saturated carbocycles. The first-order valence-corrected chi connectivity index (χ1v) is 18.4. The van der Waals surface area contributed by atoms with E-state index < -0.39 is 5.60 Å². The highest BCUT2D eigenvalue weighted by Crippen LogP contribution is 2.44. The minimum atomic E-state index is -0.492. The van der Waals surface area contributed by atoms with Crippen molar-refractivity contribution in [2.24, 2.45) is 11.7 Å². The van der Waals surface area contributed by atoms with Crippen molar-refractivity contribution in [3.05, 3.63) is 106 Å². The van der Waals surface area contributed by atoms with Crippen molar-refractivity contribution in [1.82, 2.24) is 9.80 Å². The number of carbonyl (C=O) groups excluding carboxylic acids is 1. The fraction of sp³-hybridized carbons (Fsp3) is 0.475. The lowest BCUT2D eigenvalue weighted by Gasteiger charge is -2.37. The van der Waals surface area contributed by atoms with Crippen LogP contribution in [0.3, 0.4) is 0 Å². The highest BCUT2D eigenvalue weighted by molar-refractivity contribution is 8.03. The number of thioether (sulfide) groups is 1. The number of ether oxygens (including phenoxy) is 1. The zero-order chi connectivity index (χ0) is 35.0. The van der Waals surface area contributed by atoms with E-state index in [0.717, 1.165) is 48.7 Å². The summed E-state index contributed by atoms with van der Waals surface area (Å²) in [5.41, 5.74) is 10.5. The Morgan fingerprint density at radius 2 is 1.77 bits per heavy atom. The van der Waals surface area contributed by atoms with Crippen LogP contribution in [0.25, 0.3) is 6.08 Å². The zero-order valence-electron chi connectivity index (χ0n) is 30.0. The summed E-state index contributed by atoms with van der Waals surface area (Å²) in [7, 11) is 2.11. The normalized spacial score (nSPS) is 17.4. The fourth-order valence-electron chi connectivity index (χ4n) is 5.91. The molecule has 0 spiro atoms. The van der Waals surface area contributed by atoms with Crippen molar-refractivity contribution in [3.63, 3.8) is 0 Å². The molecule has 2 aromatic carbocycles. The van der Waals surface area contributed by atoms with Gasteiger partial charge in [-0.1, -0.05) is 94.1 Å². The first-order chi connectivity index (χ1) is 22.5. The molecule has 258 valence electrons. The van der Waals surface area contributed by atoms with E-state index in [1.165, 1.54) is 27.2 Å². The van der Waals surface area contributed by atoms with Gasteiger partial charge in [-0.25, -0.2) is 4.79 Å². The van der Waals surface area contributed by atoms with E-state index in [1.54, 1.807) is 18.0 Å². The summed E-state index contributed by atoms with van der Waals surface area (Å²) in [6.07, 6.45) is 12.6. The first-order valence-electron chi connectivity index (χ1n) is 17.2. The minimum Gasteiger partial charge on any atom is -0.444 e. The van der Waals surface area contributed by atoms with Gasteiger partial charge in [0.2, 0.25) is 0 Å². The summed E-state index contributed by atoms with van der Waals surface area (Å²) >= 11 is 8.24. The quantitative estimate of drug-likeness (QED) is 0.267. The van der Waals surface area contributed by atoms with E-state index in [1.807, 2.05) is 71.6 Å². The predicted octanol–water partition coefficient (Wildman–Crippen LogP) is 11.3. The number of piperidine rings is 1. The molecule has 0 aromatic heterocycles. The number of fused-ring (bicyclic) bond motifs is 1. The molecule has 1 unspecified atom stereocenters. The van der Waals surface area contributed by atoms with Gasteiger partial charge in [0.25, 0.3) is 0 Å². The third kappa shape index (κ3) is 12.8. The second-order valence-corrected chi connectivity index (χ2v) is 14.1. The Bertz CT molecular complexity index is 1360. The second-order valence-electron chi connectivity index (χ2n) is 12.5. The van der Waals surface area contributed by atoms with Crippen molar-refractivity contribution in [2.45, 2.75) is 97.0 Å². The Balaban J connectivity index is 0.00000185. The summed E-state index contributed by atoms with van der Waals surface area (Å²) in [6, 6.07) is 16.7. The largest absolute Gasteiger partial charge is 0.444 e. The zero-order valence-corrected chi connectivity index (χ0v) is 31.6. The number of allylic oxidation sites excluding steroid dienone is 4. The minimum absolute atomic E-state index is 0.216. The van der Waals surface area contributed by atoms with Crippen molar-refractivity contribution in [3.8, 4) is 0 Å². The van der Waals surface area contributed by atoms with Gasteiger partial charge in [0, 0.05) is 36.6 Å². The summed E-state index contributed by atoms with van der Waals surface area (Å²) in [5, 5.41) is 1.79. The maximum absolute atomic E-state index is 12.7. The molecule has 2 aliphatic rings. The molecule has 1 amide bonds. The van der Waals surface area contributed by atoms with Crippen LogP contribution in [-0.4, -0.2) is 48.2 Å². The predicted molar refractivity (Wildman–Crippen MR) is 205 cm³/mol. The monoisotopic (exact) mass is 679 g/mol. The van der Waals surface area contributed by atoms with E-state index >= 15 is 0 Å². The van der Waals surface area contributed by atoms with Crippen LogP contribution in [0.5, 0.6) is 0 Å². The number of benzene rings is 2. The average molecular weight is 680 g/mol. The highest BCUT2D eigenvalue weighted by atomic mass is 35.5. The van der Waals surface area contributed by atoms with Crippen LogP contribution in [0.1, 0.15) is 97.6 Å². The Kier molecular flexibility index (Phi) is 17.3. The maximum atomic E-state index is 12.7. The SMILES string of the molecule is C=C(Sc1ccccc1)N(C)CCCC1=Cc2cc(Cl)ccc2C(C2CCN(C(=O)OC(C)(C)C)CC2)C/C1=C\C=C/N.CC.CC. The van der Waals surface area contributed by atoms with Crippen LogP contribution < -0.4 is 5.73 Å². The number of nitrogens with zero attached hydrogens (tertiary/aromatic N) is 2. The smallest absolute Gasteiger partial charge is 0.410 e. The molecule has 4 rings (SSSR count). The molecule has 5 nitrogen and oxygen atoms in total. The molecule has 1 atom stereocenters. The highest BCUT2D eigenvalue weighted by Gasteiger charge is 2.34. The molecule has 1 aliphatic heterocycles. The van der Waals surface area contributed by atoms with Crippen LogP contribution in [0.15, 0.2) is 94.5 Å². The molecule has 1 heterocycles. The van der Waals surface area contributed by atoms with Gasteiger partial charge in [0.05, 0.1) is 5.03 Å². The molecule has 47 heavy (non-hydrogen) atoms. The third-order valence-corrected chi connectivity index (χ3v) is 9.43. The van der Waals surface area contributed by atoms with Crippen LogP contribution in [0.2, 0.25) is 5.02 Å². The number of hydrogen-bond donors (Lipinski definition) is 1. The lowest BCUT2D eigenvalue weighted by atomic mass is 9.76. The van der Waals surface area contributed by atoms with Crippen molar-refractivity contribution < 1.29 is 9.53 Å². The van der Waals surface area contributed by atoms with Crippen LogP contribution >= 0.6 is 23.4 Å². The van der Waals surface area contributed by atoms with Gasteiger partial charge in [-0.05, 0) is 124 Å². The number of nitrogens with two attached hydrogens (primary N) is 1. The Morgan fingerprint density at radius 1 is 1.11 bits per heavy atom. The fourth-order valence-corrected chi connectivity index (χ4v) is 6.90. The van der Waals surface area contributed by atoms with Crippen LogP contribution in [-0.2, 0) is 4.74 Å². The number of halogens is 1. The Labute approximate surface area is 295 Å². The van der Waals surface area contributed by atoms with Gasteiger partial charge in [-0.15, -0.1) is 0 Å². The summed E-state index contributed by atoms with van der Waals surface area (Å²) in [4.78, 5) is 18.0. The molecule has 7 heteroatoms. The molecule has 2 aromatic rings. The van der Waals surface area contributed by atoms with Crippen molar-refractivity contribution >= 4 is 35.5 Å². The number of hydrogen-bond acceptors (Lipinski definition) is 5. The van der Waals surface area contributed by atoms with E-state index in [2.05, 4.69) is 67.1 Å². The lowest BCUT2D eigenvalue weighted by Crippen LogP contribution is -2.42. The third-order valence-electron chi connectivity index (χ3n) is 8.14. The van der Waals surface area contributed by atoms with Crippen LogP contribution in [0.4, 0.5) is 4.79 Å². The van der Waals surface area contributed by atoms with Gasteiger partial charge in [0.15, 0.2) is 0 Å². The molecular weight excluding hydrogens is 622 g/mol. The van der Waals surface area contributed by atoms with E-state index in [4.69, 9.17) is 22.1 Å². The molecule has 0 bridgehead atoms. The average Bonchev–Trinajstić information content (AvgIpc) is 3.21. The number of rotatable bonds is 9. The van der Waals surface area contributed by atoms with Crippen LogP contribution in [0, 0.1) is 5.92 Å². The van der Waals surface area contributed by atoms with Gasteiger partial charge in [0.1, 0.15) is 5.60 Å². The molecule has 2 N–H and O–H groups in total. The van der Waals surface area contributed by atoms with Gasteiger partial charge in [-0.3, -0.25) is 0 Å². The van der Waals surface area contributed by atoms with Gasteiger partial charge < -0.3 is 20.3 Å². The van der Waals surface area contributed by atoms with Crippen molar-refractivity contribution in [2.75, 3.05) is 26.7 Å². The summed E-state index contributed by atoms with van der Waals surface area (Å²) in [5.74, 6) is 0.769. The molecule has 1 aliphatic carbocycles. The number of amides is 1. The van der Waals surface area contributed by atoms with Gasteiger partial charge >= 0.3 is 6.09 Å². The standard InChI is InChI=1S/C36H46ClN3O2S.2C2H6/c1-26(43-32-13-7-6-8-14-32)39(5)20-10-12-28-23-30-24-31(37)15-16-33(30)34(25-29(28)11-9-19-38)27-17-21-40(22-18-27)35(41)42-36(2,3)4;2*1-2/h6-9,11,13-16,19,23-24,27,34H,1,10,12,17-18,20-22,25,38H2,2-5H3;2*1-2H3/b19-9-,29-11+;;. The number of likely N-dealkylation sites (tertiary alicyclic amines) is 1.